The van der Waals surface area contributed by atoms with Gasteiger partial charge in [0.25, 0.3) is 5.91 Å². The van der Waals surface area contributed by atoms with Gasteiger partial charge in [-0.25, -0.2) is 8.42 Å². The topological polar surface area (TPSA) is 88.6 Å². The lowest BCUT2D eigenvalue weighted by molar-refractivity contribution is 0.102. The third-order valence-corrected chi connectivity index (χ3v) is 8.11. The molecule has 1 aliphatic heterocycles. The maximum absolute atomic E-state index is 13.1. The van der Waals surface area contributed by atoms with Crippen molar-refractivity contribution in [3.05, 3.63) is 82.6 Å². The van der Waals surface area contributed by atoms with Gasteiger partial charge in [-0.2, -0.15) is 4.31 Å². The molecule has 1 saturated heterocycles. The van der Waals surface area contributed by atoms with Crippen molar-refractivity contribution in [2.45, 2.75) is 30.6 Å². The van der Waals surface area contributed by atoms with Gasteiger partial charge in [0.1, 0.15) is 5.75 Å². The highest BCUT2D eigenvalue weighted by Crippen LogP contribution is 2.32. The molecule has 2 heterocycles. The Morgan fingerprint density at radius 3 is 2.29 bits per heavy atom. The highest BCUT2D eigenvalue weighted by molar-refractivity contribution is 7.89. The molecule has 1 amide bonds. The standard InChI is InChI=1S/C25H26ClN3O4S/c1-17-3-12-23(25(30)28-20-6-8-21(33-2)9-7-20)24(27-17)18-13-15-29(16-14-18)34(31,32)22-10-4-19(26)5-11-22/h3-12,18H,13-16H2,1-2H3,(H,28,30). The monoisotopic (exact) mass is 499 g/mol. The molecule has 0 unspecified atom stereocenters. The minimum absolute atomic E-state index is 0.0202. The number of anilines is 1. The first-order valence-electron chi connectivity index (χ1n) is 11.0. The van der Waals surface area contributed by atoms with E-state index >= 15 is 0 Å². The molecule has 0 aliphatic carbocycles. The van der Waals surface area contributed by atoms with Crippen molar-refractivity contribution in [3.8, 4) is 5.75 Å². The smallest absolute Gasteiger partial charge is 0.257 e. The summed E-state index contributed by atoms with van der Waals surface area (Å²) >= 11 is 5.90. The van der Waals surface area contributed by atoms with Crippen LogP contribution in [-0.4, -0.2) is 43.8 Å². The summed E-state index contributed by atoms with van der Waals surface area (Å²) in [5, 5.41) is 3.41. The molecular formula is C25H26ClN3O4S. The van der Waals surface area contributed by atoms with E-state index in [1.165, 1.54) is 16.4 Å². The molecule has 1 N–H and O–H groups in total. The molecule has 3 aromatic rings. The zero-order valence-electron chi connectivity index (χ0n) is 19.0. The van der Waals surface area contributed by atoms with Crippen LogP contribution in [0.25, 0.3) is 0 Å². The van der Waals surface area contributed by atoms with E-state index in [0.29, 0.717) is 53.6 Å². The summed E-state index contributed by atoms with van der Waals surface area (Å²) in [6.45, 7) is 2.59. The van der Waals surface area contributed by atoms with Gasteiger partial charge in [-0.05, 0) is 80.4 Å². The Hall–Kier alpha value is -2.94. The number of hydrogen-bond donors (Lipinski definition) is 1. The lowest BCUT2D eigenvalue weighted by Gasteiger charge is -2.31. The van der Waals surface area contributed by atoms with Crippen molar-refractivity contribution >= 4 is 33.2 Å². The van der Waals surface area contributed by atoms with Crippen molar-refractivity contribution in [3.63, 3.8) is 0 Å². The van der Waals surface area contributed by atoms with Crippen LogP contribution in [0.4, 0.5) is 5.69 Å². The van der Waals surface area contributed by atoms with Crippen molar-refractivity contribution in [1.82, 2.24) is 9.29 Å². The van der Waals surface area contributed by atoms with Gasteiger partial charge in [0.05, 0.1) is 23.3 Å². The fourth-order valence-corrected chi connectivity index (χ4v) is 5.67. The number of sulfonamides is 1. The van der Waals surface area contributed by atoms with Gasteiger partial charge < -0.3 is 10.1 Å². The Kier molecular flexibility index (Phi) is 7.21. The second kappa shape index (κ2) is 10.1. The van der Waals surface area contributed by atoms with Crippen LogP contribution in [-0.2, 0) is 10.0 Å². The Balaban J connectivity index is 1.50. The number of piperidine rings is 1. The number of ether oxygens (including phenoxy) is 1. The van der Waals surface area contributed by atoms with Gasteiger partial charge in [0.2, 0.25) is 10.0 Å². The second-order valence-electron chi connectivity index (χ2n) is 8.20. The fraction of sp³-hybridized carbons (Fsp3) is 0.280. The predicted molar refractivity (Wildman–Crippen MR) is 132 cm³/mol. The molecule has 0 radical (unpaired) electrons. The number of halogens is 1. The third kappa shape index (κ3) is 5.24. The normalized spacial score (nSPS) is 15.1. The average molecular weight is 500 g/mol. The van der Waals surface area contributed by atoms with Crippen molar-refractivity contribution in [2.24, 2.45) is 0 Å². The van der Waals surface area contributed by atoms with Crippen LogP contribution in [0.15, 0.2) is 65.6 Å². The largest absolute Gasteiger partial charge is 0.497 e. The molecule has 0 saturated carbocycles. The Labute approximate surface area is 204 Å². The quantitative estimate of drug-likeness (QED) is 0.522. The number of carbonyl (C=O) groups excluding carboxylic acids is 1. The van der Waals surface area contributed by atoms with Crippen LogP contribution in [0.1, 0.15) is 40.5 Å². The first kappa shape index (κ1) is 24.2. The molecular weight excluding hydrogens is 474 g/mol. The minimum atomic E-state index is -3.60. The fourth-order valence-electron chi connectivity index (χ4n) is 4.08. The van der Waals surface area contributed by atoms with Gasteiger partial charge in [0.15, 0.2) is 0 Å². The number of benzene rings is 2. The van der Waals surface area contributed by atoms with Crippen molar-refractivity contribution < 1.29 is 17.9 Å². The third-order valence-electron chi connectivity index (χ3n) is 5.95. The summed E-state index contributed by atoms with van der Waals surface area (Å²) in [6, 6.07) is 16.9. The highest BCUT2D eigenvalue weighted by Gasteiger charge is 2.32. The lowest BCUT2D eigenvalue weighted by Crippen LogP contribution is -2.38. The summed E-state index contributed by atoms with van der Waals surface area (Å²) in [5.41, 5.74) is 2.67. The summed E-state index contributed by atoms with van der Waals surface area (Å²) in [6.07, 6.45) is 1.15. The Morgan fingerprint density at radius 2 is 1.68 bits per heavy atom. The highest BCUT2D eigenvalue weighted by atomic mass is 35.5. The van der Waals surface area contributed by atoms with E-state index in [1.54, 1.807) is 49.6 Å². The Bertz CT molecular complexity index is 1270. The number of aryl methyl sites for hydroxylation is 1. The van der Waals surface area contributed by atoms with E-state index in [9.17, 15) is 13.2 Å². The number of amides is 1. The molecule has 9 heteroatoms. The molecule has 34 heavy (non-hydrogen) atoms. The number of pyridine rings is 1. The first-order chi connectivity index (χ1) is 16.3. The molecule has 1 fully saturated rings. The number of methoxy groups -OCH3 is 1. The maximum Gasteiger partial charge on any atom is 0.257 e. The van der Waals surface area contributed by atoms with Crippen LogP contribution >= 0.6 is 11.6 Å². The van der Waals surface area contributed by atoms with Gasteiger partial charge in [0, 0.05) is 35.4 Å². The molecule has 1 aliphatic rings. The lowest BCUT2D eigenvalue weighted by atomic mass is 9.90. The summed E-state index contributed by atoms with van der Waals surface area (Å²) in [5.74, 6) is 0.438. The Morgan fingerprint density at radius 1 is 1.03 bits per heavy atom. The average Bonchev–Trinajstić information content (AvgIpc) is 2.84. The van der Waals surface area contributed by atoms with E-state index in [4.69, 9.17) is 16.3 Å². The van der Waals surface area contributed by atoms with E-state index in [-0.39, 0.29) is 16.7 Å². The van der Waals surface area contributed by atoms with E-state index in [0.717, 1.165) is 5.69 Å². The maximum atomic E-state index is 13.1. The molecule has 4 rings (SSSR count). The van der Waals surface area contributed by atoms with Crippen LogP contribution in [0, 0.1) is 6.92 Å². The molecule has 1 aromatic heterocycles. The second-order valence-corrected chi connectivity index (χ2v) is 10.6. The number of nitrogens with zero attached hydrogens (tertiary/aromatic N) is 2. The predicted octanol–water partition coefficient (Wildman–Crippen LogP) is 4.87. The number of carbonyl (C=O) groups is 1. The van der Waals surface area contributed by atoms with Crippen molar-refractivity contribution in [2.75, 3.05) is 25.5 Å². The van der Waals surface area contributed by atoms with Crippen LogP contribution < -0.4 is 10.1 Å². The molecule has 0 atom stereocenters. The molecule has 0 bridgehead atoms. The van der Waals surface area contributed by atoms with Gasteiger partial charge in [-0.1, -0.05) is 11.6 Å². The first-order valence-corrected chi connectivity index (χ1v) is 12.8. The minimum Gasteiger partial charge on any atom is -0.497 e. The van der Waals surface area contributed by atoms with Crippen LogP contribution in [0.5, 0.6) is 5.75 Å². The van der Waals surface area contributed by atoms with Gasteiger partial charge in [-0.3, -0.25) is 9.78 Å². The zero-order valence-corrected chi connectivity index (χ0v) is 20.6. The number of aromatic nitrogens is 1. The number of rotatable bonds is 6. The van der Waals surface area contributed by atoms with Gasteiger partial charge in [-0.15, -0.1) is 0 Å². The molecule has 2 aromatic carbocycles. The molecule has 7 nitrogen and oxygen atoms in total. The van der Waals surface area contributed by atoms with E-state index in [1.807, 2.05) is 13.0 Å². The van der Waals surface area contributed by atoms with Gasteiger partial charge >= 0.3 is 0 Å². The van der Waals surface area contributed by atoms with E-state index < -0.39 is 10.0 Å². The van der Waals surface area contributed by atoms with E-state index in [2.05, 4.69) is 10.3 Å². The SMILES string of the molecule is COc1ccc(NC(=O)c2ccc(C)nc2C2CCN(S(=O)(=O)c3ccc(Cl)cc3)CC2)cc1. The number of hydrogen-bond acceptors (Lipinski definition) is 5. The summed E-state index contributed by atoms with van der Waals surface area (Å²) in [4.78, 5) is 18.0. The van der Waals surface area contributed by atoms with Crippen LogP contribution in [0.2, 0.25) is 5.02 Å². The number of nitrogens with one attached hydrogen (secondary N) is 1. The zero-order chi connectivity index (χ0) is 24.3. The molecule has 178 valence electrons. The van der Waals surface area contributed by atoms with Crippen molar-refractivity contribution in [1.29, 1.82) is 0 Å². The summed E-state index contributed by atoms with van der Waals surface area (Å²) < 4.78 is 32.7. The molecule has 0 spiro atoms. The summed E-state index contributed by atoms with van der Waals surface area (Å²) in [7, 11) is -2.01. The van der Waals surface area contributed by atoms with Crippen LogP contribution in [0.3, 0.4) is 0 Å².